The minimum Gasteiger partial charge on any atom is -0.414 e. The fourth-order valence-electron chi connectivity index (χ4n) is 5.33. The van der Waals surface area contributed by atoms with Crippen molar-refractivity contribution in [1.82, 2.24) is 0 Å². The summed E-state index contributed by atoms with van der Waals surface area (Å²) in [6.07, 6.45) is 0. The zero-order valence-electron chi connectivity index (χ0n) is 19.5. The molecule has 0 heterocycles. The van der Waals surface area contributed by atoms with Crippen LogP contribution in [0.25, 0.3) is 0 Å². The quantitative estimate of drug-likeness (QED) is 0.473. The lowest BCUT2D eigenvalue weighted by atomic mass is 10.2. The van der Waals surface area contributed by atoms with Crippen LogP contribution in [0.5, 0.6) is 0 Å². The molecule has 0 aromatic heterocycles. The highest BCUT2D eigenvalue weighted by Gasteiger charge is 2.65. The van der Waals surface area contributed by atoms with Crippen LogP contribution in [0.15, 0.2) is 30.3 Å². The van der Waals surface area contributed by atoms with Crippen molar-refractivity contribution in [3.63, 3.8) is 0 Å². The van der Waals surface area contributed by atoms with E-state index in [-0.39, 0.29) is 20.2 Å². The first-order chi connectivity index (χ1) is 11.4. The molecule has 1 radical (unpaired) electrons. The molecule has 0 atom stereocenters. The van der Waals surface area contributed by atoms with Gasteiger partial charge in [-0.3, -0.25) is 0 Å². The van der Waals surface area contributed by atoms with E-state index in [9.17, 15) is 0 Å². The molecule has 0 saturated heterocycles. The van der Waals surface area contributed by atoms with Gasteiger partial charge in [-0.15, -0.1) is 0 Å². The highest BCUT2D eigenvalue weighted by molar-refractivity contribution is 7.34. The summed E-state index contributed by atoms with van der Waals surface area (Å²) < 4.78 is 7.24. The predicted octanol–water partition coefficient (Wildman–Crippen LogP) is 7.92. The topological polar surface area (TPSA) is 9.23 Å². The Hall–Kier alpha value is -0.386. The van der Waals surface area contributed by atoms with Gasteiger partial charge in [0, 0.05) is 0 Å². The van der Waals surface area contributed by atoms with Crippen molar-refractivity contribution in [2.75, 3.05) is 0 Å². The second-order valence-corrected chi connectivity index (χ2v) is 23.8. The Morgan fingerprint density at radius 2 is 1.08 bits per heavy atom. The van der Waals surface area contributed by atoms with Crippen molar-refractivity contribution >= 4 is 16.1 Å². The molecule has 0 spiro atoms. The van der Waals surface area contributed by atoms with Gasteiger partial charge in [-0.05, 0) is 25.7 Å². The number of hydrogen-bond acceptors (Lipinski definition) is 1. The zero-order valence-corrected chi connectivity index (χ0v) is 21.5. The lowest BCUT2D eigenvalue weighted by molar-refractivity contribution is 0.258. The second kappa shape index (κ2) is 7.56. The van der Waals surface area contributed by atoms with Crippen molar-refractivity contribution in [2.24, 2.45) is 0 Å². The molecule has 0 saturated carbocycles. The molecule has 0 aliphatic heterocycles. The first-order valence-corrected chi connectivity index (χ1v) is 14.4. The Balaban J connectivity index is 3.63. The average molecular weight is 392 g/mol. The minimum atomic E-state index is -2.18. The summed E-state index contributed by atoms with van der Waals surface area (Å²) >= 11 is 0. The van der Waals surface area contributed by atoms with E-state index in [4.69, 9.17) is 4.43 Å². The maximum Gasteiger partial charge on any atom is 0.189 e. The van der Waals surface area contributed by atoms with Crippen molar-refractivity contribution < 1.29 is 4.43 Å². The summed E-state index contributed by atoms with van der Waals surface area (Å²) in [7, 11) is -3.02. The molecular weight excluding hydrogens is 348 g/mol. The standard InChI is InChI=1S/C23H43OSi2/c1-20(2,3)25(21(4,5)6)26(22(7,8)9,23(10,11)12)24-18-19-16-14-13-15-17-19/h13-17H,18H2,1-12H3. The normalized spacial score (nSPS) is 14.8. The molecule has 1 aromatic rings. The Morgan fingerprint density at radius 1 is 0.692 bits per heavy atom. The summed E-state index contributed by atoms with van der Waals surface area (Å²) in [4.78, 5) is 0. The first kappa shape index (κ1) is 23.7. The third kappa shape index (κ3) is 4.91. The molecule has 149 valence electrons. The summed E-state index contributed by atoms with van der Waals surface area (Å²) in [5.41, 5.74) is 1.29. The summed E-state index contributed by atoms with van der Waals surface area (Å²) in [6, 6.07) is 10.7. The van der Waals surface area contributed by atoms with Crippen LogP contribution in [-0.4, -0.2) is 16.1 Å². The van der Waals surface area contributed by atoms with E-state index in [1.807, 2.05) is 0 Å². The fraction of sp³-hybridized carbons (Fsp3) is 0.739. The fourth-order valence-corrected chi connectivity index (χ4v) is 26.3. The van der Waals surface area contributed by atoms with Crippen LogP contribution in [0.4, 0.5) is 0 Å². The monoisotopic (exact) mass is 391 g/mol. The first-order valence-electron chi connectivity index (χ1n) is 10.0. The minimum absolute atomic E-state index is 0.175. The predicted molar refractivity (Wildman–Crippen MR) is 122 cm³/mol. The van der Waals surface area contributed by atoms with Crippen LogP contribution in [0.1, 0.15) is 88.6 Å². The van der Waals surface area contributed by atoms with Crippen LogP contribution in [0.3, 0.4) is 0 Å². The van der Waals surface area contributed by atoms with Gasteiger partial charge in [0.25, 0.3) is 0 Å². The maximum atomic E-state index is 7.24. The van der Waals surface area contributed by atoms with E-state index < -0.39 is 16.1 Å². The Kier molecular flexibility index (Phi) is 6.88. The van der Waals surface area contributed by atoms with Gasteiger partial charge in [0.05, 0.1) is 14.9 Å². The van der Waals surface area contributed by atoms with Gasteiger partial charge < -0.3 is 4.43 Å². The van der Waals surface area contributed by atoms with E-state index in [1.165, 1.54) is 5.56 Å². The van der Waals surface area contributed by atoms with E-state index in [0.29, 0.717) is 0 Å². The third-order valence-corrected chi connectivity index (χ3v) is 25.3. The molecular formula is C23H43OSi2. The van der Waals surface area contributed by atoms with Gasteiger partial charge in [0.1, 0.15) is 0 Å². The van der Waals surface area contributed by atoms with E-state index >= 15 is 0 Å². The van der Waals surface area contributed by atoms with Gasteiger partial charge >= 0.3 is 0 Å². The zero-order chi connectivity index (χ0) is 20.6. The highest BCUT2D eigenvalue weighted by atomic mass is 29.2. The molecule has 26 heavy (non-hydrogen) atoms. The van der Waals surface area contributed by atoms with Gasteiger partial charge in [0.2, 0.25) is 0 Å². The molecule has 0 fully saturated rings. The van der Waals surface area contributed by atoms with Crippen molar-refractivity contribution in [2.45, 2.75) is 110 Å². The average Bonchev–Trinajstić information content (AvgIpc) is 2.38. The third-order valence-electron chi connectivity index (χ3n) is 5.26. The maximum absolute atomic E-state index is 7.24. The van der Waals surface area contributed by atoms with E-state index in [1.54, 1.807) is 0 Å². The summed E-state index contributed by atoms with van der Waals surface area (Å²) in [5.74, 6) is 0. The van der Waals surface area contributed by atoms with Crippen LogP contribution >= 0.6 is 0 Å². The molecule has 0 aliphatic rings. The van der Waals surface area contributed by atoms with Crippen LogP contribution in [0.2, 0.25) is 20.2 Å². The van der Waals surface area contributed by atoms with Crippen LogP contribution in [-0.2, 0) is 11.0 Å². The van der Waals surface area contributed by atoms with Gasteiger partial charge in [-0.1, -0.05) is 113 Å². The lowest BCUT2D eigenvalue weighted by Gasteiger charge is -2.61. The van der Waals surface area contributed by atoms with Crippen LogP contribution < -0.4 is 0 Å². The highest BCUT2D eigenvalue weighted by Crippen LogP contribution is 2.61. The molecule has 0 aliphatic carbocycles. The van der Waals surface area contributed by atoms with Crippen molar-refractivity contribution in [1.29, 1.82) is 0 Å². The van der Waals surface area contributed by atoms with E-state index in [0.717, 1.165) is 6.61 Å². The lowest BCUT2D eigenvalue weighted by Crippen LogP contribution is -2.70. The molecule has 1 rings (SSSR count). The summed E-state index contributed by atoms with van der Waals surface area (Å²) in [5, 5.41) is 0.919. The summed E-state index contributed by atoms with van der Waals surface area (Å²) in [6.45, 7) is 30.1. The van der Waals surface area contributed by atoms with Crippen molar-refractivity contribution in [3.8, 4) is 0 Å². The Morgan fingerprint density at radius 3 is 1.38 bits per heavy atom. The molecule has 0 bridgehead atoms. The number of benzene rings is 1. The number of hydrogen-bond donors (Lipinski definition) is 0. The van der Waals surface area contributed by atoms with Gasteiger partial charge in [0.15, 0.2) is 7.83 Å². The van der Waals surface area contributed by atoms with Crippen molar-refractivity contribution in [3.05, 3.63) is 35.9 Å². The Labute approximate surface area is 166 Å². The van der Waals surface area contributed by atoms with Gasteiger partial charge in [-0.2, -0.15) is 0 Å². The largest absolute Gasteiger partial charge is 0.414 e. The Bertz CT molecular complexity index is 537. The van der Waals surface area contributed by atoms with Gasteiger partial charge in [-0.25, -0.2) is 0 Å². The molecule has 1 aromatic carbocycles. The molecule has 3 heteroatoms. The molecule has 0 unspecified atom stereocenters. The van der Waals surface area contributed by atoms with Crippen LogP contribution in [0, 0.1) is 0 Å². The number of rotatable bonds is 4. The smallest absolute Gasteiger partial charge is 0.189 e. The molecule has 1 nitrogen and oxygen atoms in total. The molecule has 0 amide bonds. The molecule has 0 N–H and O–H groups in total. The van der Waals surface area contributed by atoms with E-state index in [2.05, 4.69) is 113 Å². The SMILES string of the molecule is CC(C)(C)[Si](C(C)(C)C)[Si](OCc1ccccc1)(C(C)(C)C)C(C)(C)C. The second-order valence-electron chi connectivity index (χ2n) is 11.8.